The number of aromatic nitrogens is 1. The van der Waals surface area contributed by atoms with E-state index in [0.29, 0.717) is 22.8 Å². The highest BCUT2D eigenvalue weighted by molar-refractivity contribution is 5.96. The molecule has 0 spiro atoms. The van der Waals surface area contributed by atoms with E-state index in [1.807, 2.05) is 0 Å². The second kappa shape index (κ2) is 8.11. The zero-order valence-electron chi connectivity index (χ0n) is 15.7. The van der Waals surface area contributed by atoms with Crippen LogP contribution >= 0.6 is 0 Å². The number of likely N-dealkylation sites (tertiary alicyclic amines) is 1. The van der Waals surface area contributed by atoms with Crippen LogP contribution in [-0.4, -0.2) is 55.2 Å². The zero-order chi connectivity index (χ0) is 19.4. The predicted octanol–water partition coefficient (Wildman–Crippen LogP) is 2.10. The molecule has 1 fully saturated rings. The van der Waals surface area contributed by atoms with Gasteiger partial charge in [0.1, 0.15) is 17.5 Å². The van der Waals surface area contributed by atoms with E-state index < -0.39 is 11.9 Å². The highest BCUT2D eigenvalue weighted by Crippen LogP contribution is 2.33. The lowest BCUT2D eigenvalue weighted by atomic mass is 10.1. The van der Waals surface area contributed by atoms with Gasteiger partial charge in [0.2, 0.25) is 5.91 Å². The summed E-state index contributed by atoms with van der Waals surface area (Å²) in [6.07, 6.45) is 2.00. The number of hydrogen-bond acceptors (Lipinski definition) is 6. The number of benzene rings is 1. The fourth-order valence-electron chi connectivity index (χ4n) is 3.06. The average Bonchev–Trinajstić information content (AvgIpc) is 3.38. The molecule has 1 saturated heterocycles. The van der Waals surface area contributed by atoms with Crippen molar-refractivity contribution in [2.45, 2.75) is 25.8 Å². The van der Waals surface area contributed by atoms with Crippen molar-refractivity contribution >= 4 is 11.8 Å². The highest BCUT2D eigenvalue weighted by atomic mass is 16.5. The molecule has 2 aromatic rings. The lowest BCUT2D eigenvalue weighted by Crippen LogP contribution is -2.46. The van der Waals surface area contributed by atoms with Crippen molar-refractivity contribution in [2.24, 2.45) is 0 Å². The smallest absolute Gasteiger partial charge is 0.274 e. The van der Waals surface area contributed by atoms with Crippen LogP contribution in [0.1, 0.15) is 30.3 Å². The zero-order valence-corrected chi connectivity index (χ0v) is 15.7. The molecule has 0 aliphatic carbocycles. The summed E-state index contributed by atoms with van der Waals surface area (Å²) in [5.41, 5.74) is 0.709. The molecular formula is C19H23N3O5. The van der Waals surface area contributed by atoms with Gasteiger partial charge in [-0.1, -0.05) is 5.16 Å². The lowest BCUT2D eigenvalue weighted by molar-refractivity contribution is -0.131. The van der Waals surface area contributed by atoms with Crippen LogP contribution in [0.5, 0.6) is 11.5 Å². The van der Waals surface area contributed by atoms with Crippen LogP contribution in [0.3, 0.4) is 0 Å². The van der Waals surface area contributed by atoms with Gasteiger partial charge in [0, 0.05) is 19.2 Å². The third kappa shape index (κ3) is 4.05. The maximum absolute atomic E-state index is 12.4. The fraction of sp³-hybridized carbons (Fsp3) is 0.421. The van der Waals surface area contributed by atoms with Gasteiger partial charge in [-0.3, -0.25) is 9.59 Å². The van der Waals surface area contributed by atoms with Crippen LogP contribution < -0.4 is 14.8 Å². The van der Waals surface area contributed by atoms with E-state index in [9.17, 15) is 9.59 Å². The molecule has 1 aliphatic rings. The van der Waals surface area contributed by atoms with E-state index >= 15 is 0 Å². The Hall–Kier alpha value is -3.03. The molecule has 27 heavy (non-hydrogen) atoms. The number of hydrogen-bond donors (Lipinski definition) is 1. The monoisotopic (exact) mass is 373 g/mol. The first kappa shape index (κ1) is 18.8. The van der Waals surface area contributed by atoms with E-state index in [-0.39, 0.29) is 11.6 Å². The van der Waals surface area contributed by atoms with Crippen molar-refractivity contribution in [3.63, 3.8) is 0 Å². The molecule has 0 radical (unpaired) electrons. The Morgan fingerprint density at radius 3 is 2.59 bits per heavy atom. The number of methoxy groups -OCH3 is 2. The number of nitrogens with one attached hydrogen (secondary N) is 1. The predicted molar refractivity (Wildman–Crippen MR) is 97.8 cm³/mol. The lowest BCUT2D eigenvalue weighted by Gasteiger charge is -2.20. The first-order valence-corrected chi connectivity index (χ1v) is 8.82. The van der Waals surface area contributed by atoms with Crippen molar-refractivity contribution in [1.82, 2.24) is 15.4 Å². The summed E-state index contributed by atoms with van der Waals surface area (Å²) in [4.78, 5) is 26.5. The van der Waals surface area contributed by atoms with Crippen LogP contribution in [-0.2, 0) is 4.79 Å². The number of ether oxygens (including phenoxy) is 2. The van der Waals surface area contributed by atoms with Crippen molar-refractivity contribution in [1.29, 1.82) is 0 Å². The number of carbonyl (C=O) groups excluding carboxylic acids is 2. The van der Waals surface area contributed by atoms with Gasteiger partial charge in [0.15, 0.2) is 11.5 Å². The van der Waals surface area contributed by atoms with Crippen molar-refractivity contribution in [2.75, 3.05) is 27.3 Å². The number of amides is 2. The van der Waals surface area contributed by atoms with E-state index in [1.165, 1.54) is 6.07 Å². The summed E-state index contributed by atoms with van der Waals surface area (Å²) in [7, 11) is 3.10. The Bertz CT molecular complexity index is 827. The minimum Gasteiger partial charge on any atom is -0.497 e. The maximum Gasteiger partial charge on any atom is 0.274 e. The molecule has 8 heteroatoms. The third-order valence-electron chi connectivity index (χ3n) is 4.55. The van der Waals surface area contributed by atoms with Crippen LogP contribution in [0.4, 0.5) is 0 Å². The molecule has 0 saturated carbocycles. The SMILES string of the molecule is COc1ccc(OC)c(-c2cc(C(=O)N[C@H](C)C(=O)N3CCCC3)no2)c1. The van der Waals surface area contributed by atoms with Gasteiger partial charge in [-0.25, -0.2) is 0 Å². The van der Waals surface area contributed by atoms with E-state index in [4.69, 9.17) is 14.0 Å². The molecule has 0 unspecified atom stereocenters. The van der Waals surface area contributed by atoms with Gasteiger partial charge in [-0.05, 0) is 38.0 Å². The average molecular weight is 373 g/mol. The Labute approximate surface area is 157 Å². The van der Waals surface area contributed by atoms with E-state index in [2.05, 4.69) is 10.5 Å². The highest BCUT2D eigenvalue weighted by Gasteiger charge is 2.26. The van der Waals surface area contributed by atoms with Crippen molar-refractivity contribution < 1.29 is 23.6 Å². The second-order valence-electron chi connectivity index (χ2n) is 6.37. The first-order chi connectivity index (χ1) is 13.0. The Morgan fingerprint density at radius 2 is 1.93 bits per heavy atom. The molecule has 8 nitrogen and oxygen atoms in total. The largest absolute Gasteiger partial charge is 0.497 e. The normalized spacial score (nSPS) is 14.7. The van der Waals surface area contributed by atoms with E-state index in [1.54, 1.807) is 44.2 Å². The Kier molecular flexibility index (Phi) is 5.63. The minimum atomic E-state index is -0.623. The van der Waals surface area contributed by atoms with Gasteiger partial charge in [-0.15, -0.1) is 0 Å². The van der Waals surface area contributed by atoms with Crippen molar-refractivity contribution in [3.05, 3.63) is 30.0 Å². The molecule has 1 aromatic carbocycles. The summed E-state index contributed by atoms with van der Waals surface area (Å²) in [5, 5.41) is 6.51. The van der Waals surface area contributed by atoms with Crippen molar-refractivity contribution in [3.8, 4) is 22.8 Å². The second-order valence-corrected chi connectivity index (χ2v) is 6.37. The standard InChI is InChI=1S/C19H23N3O5/c1-12(19(24)22-8-4-5-9-22)20-18(23)15-11-17(27-21-15)14-10-13(25-2)6-7-16(14)26-3/h6-7,10-12H,4-5,8-9H2,1-3H3,(H,20,23)/t12-/m1/s1. The fourth-order valence-corrected chi connectivity index (χ4v) is 3.06. The van der Waals surface area contributed by atoms with Crippen LogP contribution in [0.25, 0.3) is 11.3 Å². The summed E-state index contributed by atoms with van der Waals surface area (Å²) < 4.78 is 15.9. The van der Waals surface area contributed by atoms with Gasteiger partial charge in [0.25, 0.3) is 5.91 Å². The minimum absolute atomic E-state index is 0.0842. The molecule has 2 heterocycles. The quantitative estimate of drug-likeness (QED) is 0.833. The molecule has 1 N–H and O–H groups in total. The molecule has 1 aromatic heterocycles. The first-order valence-electron chi connectivity index (χ1n) is 8.82. The molecule has 144 valence electrons. The molecule has 0 bridgehead atoms. The summed E-state index contributed by atoms with van der Waals surface area (Å²) >= 11 is 0. The van der Waals surface area contributed by atoms with Crippen LogP contribution in [0.15, 0.2) is 28.8 Å². The van der Waals surface area contributed by atoms with Crippen LogP contribution in [0.2, 0.25) is 0 Å². The number of carbonyl (C=O) groups is 2. The van der Waals surface area contributed by atoms with Gasteiger partial charge < -0.3 is 24.2 Å². The number of nitrogens with zero attached hydrogens (tertiary/aromatic N) is 2. The third-order valence-corrected chi connectivity index (χ3v) is 4.55. The molecular weight excluding hydrogens is 350 g/mol. The van der Waals surface area contributed by atoms with E-state index in [0.717, 1.165) is 25.9 Å². The van der Waals surface area contributed by atoms with Crippen LogP contribution in [0, 0.1) is 0 Å². The summed E-state index contributed by atoms with van der Waals surface area (Å²) in [6.45, 7) is 3.15. The summed E-state index contributed by atoms with van der Waals surface area (Å²) in [6, 6.07) is 6.13. The number of rotatable bonds is 6. The topological polar surface area (TPSA) is 93.9 Å². The molecule has 1 atom stereocenters. The Morgan fingerprint density at radius 1 is 1.19 bits per heavy atom. The molecule has 1 aliphatic heterocycles. The van der Waals surface area contributed by atoms with Gasteiger partial charge in [0.05, 0.1) is 19.8 Å². The molecule has 2 amide bonds. The maximum atomic E-state index is 12.4. The summed E-state index contributed by atoms with van der Waals surface area (Å²) in [5.74, 6) is 1.01. The Balaban J connectivity index is 1.73. The molecule has 3 rings (SSSR count). The van der Waals surface area contributed by atoms with Gasteiger partial charge in [-0.2, -0.15) is 0 Å². The van der Waals surface area contributed by atoms with Gasteiger partial charge >= 0.3 is 0 Å².